The minimum Gasteiger partial charge on any atom is -0.340 e. The van der Waals surface area contributed by atoms with Gasteiger partial charge in [-0.05, 0) is 37.8 Å². The number of halogens is 2. The van der Waals surface area contributed by atoms with Crippen LogP contribution < -0.4 is 5.32 Å². The zero-order valence-corrected chi connectivity index (χ0v) is 14.6. The van der Waals surface area contributed by atoms with Crippen LogP contribution >= 0.6 is 48.0 Å². The molecule has 1 aromatic carbocycles. The molecule has 0 spiro atoms. The van der Waals surface area contributed by atoms with E-state index >= 15 is 0 Å². The van der Waals surface area contributed by atoms with Crippen LogP contribution in [0.1, 0.15) is 20.8 Å². The Hall–Kier alpha value is -0.000000000000000111. The van der Waals surface area contributed by atoms with Crippen molar-refractivity contribution < 1.29 is 0 Å². The average Bonchev–Trinajstić information content (AvgIpc) is 2.35. The van der Waals surface area contributed by atoms with Crippen LogP contribution in [0, 0.1) is 0 Å². The maximum atomic E-state index is 5.83. The molecule has 0 unspecified atom stereocenters. The fourth-order valence-corrected chi connectivity index (χ4v) is 2.06. The fourth-order valence-electron chi connectivity index (χ4n) is 1.38. The molecule has 0 aliphatic carbocycles. The van der Waals surface area contributed by atoms with E-state index in [1.54, 1.807) is 18.2 Å². The summed E-state index contributed by atoms with van der Waals surface area (Å²) in [6.45, 7) is 10.1. The second-order valence-electron chi connectivity index (χ2n) is 3.67. The molecule has 6 heteroatoms. The summed E-state index contributed by atoms with van der Waals surface area (Å²) in [5.41, 5.74) is 0.709. The number of rotatable bonds is 4. The van der Waals surface area contributed by atoms with Gasteiger partial charge in [-0.1, -0.05) is 56.2 Å². The van der Waals surface area contributed by atoms with Gasteiger partial charge in [-0.3, -0.25) is 0 Å². The van der Waals surface area contributed by atoms with E-state index < -0.39 is 0 Å². The van der Waals surface area contributed by atoms with Crippen LogP contribution in [-0.2, 0) is 0 Å². The Morgan fingerprint density at radius 1 is 1.21 bits per heavy atom. The number of hydrogen-bond acceptors (Lipinski definition) is 2. The predicted molar refractivity (Wildman–Crippen MR) is 95.1 cm³/mol. The molecule has 0 radical (unpaired) electrons. The van der Waals surface area contributed by atoms with Crippen LogP contribution in [0.4, 0.5) is 5.69 Å². The smallest absolute Gasteiger partial charge is 0.135 e. The Morgan fingerprint density at radius 3 is 2.05 bits per heavy atom. The van der Waals surface area contributed by atoms with Gasteiger partial charge < -0.3 is 10.2 Å². The number of benzene rings is 1. The topological polar surface area (TPSA) is 15.3 Å². The average molecular weight is 339 g/mol. The minimum atomic E-state index is 0.374. The quantitative estimate of drug-likeness (QED) is 0.595. The fraction of sp³-hybridized carbons (Fsp3) is 0.462. The van der Waals surface area contributed by atoms with Crippen LogP contribution in [0.5, 0.6) is 0 Å². The molecule has 0 heterocycles. The van der Waals surface area contributed by atoms with Crippen LogP contribution in [0.25, 0.3) is 0 Å². The van der Waals surface area contributed by atoms with Gasteiger partial charge in [0.2, 0.25) is 0 Å². The zero-order valence-electron chi connectivity index (χ0n) is 11.4. The van der Waals surface area contributed by atoms with Gasteiger partial charge in [-0.25, -0.2) is 0 Å². The number of nitrogens with one attached hydrogen (secondary N) is 1. The van der Waals surface area contributed by atoms with Crippen molar-refractivity contribution in [3.8, 4) is 0 Å². The molecule has 1 rings (SSSR count). The predicted octanol–water partition coefficient (Wildman–Crippen LogP) is 4.97. The summed E-state index contributed by atoms with van der Waals surface area (Å²) >= 11 is 20.2. The Balaban J connectivity index is 0.000000399. The normalized spacial score (nSPS) is 9.84. The molecular formula is C13H20Cl2N2S2. The Bertz CT molecular complexity index is 391. The van der Waals surface area contributed by atoms with Crippen LogP contribution in [0.2, 0.25) is 10.0 Å². The number of anilines is 1. The lowest BCUT2D eigenvalue weighted by atomic mass is 10.3. The molecule has 0 aromatic heterocycles. The number of thiocarbonyl (C=S) groups is 1. The molecule has 0 aliphatic rings. The maximum absolute atomic E-state index is 5.83. The summed E-state index contributed by atoms with van der Waals surface area (Å²) in [5, 5.41) is 3.93. The number of thiol groups is 1. The van der Waals surface area contributed by atoms with Crippen molar-refractivity contribution in [2.75, 3.05) is 25.0 Å². The third-order valence-corrected chi connectivity index (χ3v) is 3.28. The molecule has 0 aliphatic heterocycles. The third kappa shape index (κ3) is 8.71. The zero-order chi connectivity index (χ0) is 14.8. The summed E-state index contributed by atoms with van der Waals surface area (Å²) in [6, 6.07) is 5.10. The Labute approximate surface area is 136 Å². The largest absolute Gasteiger partial charge is 0.340 e. The van der Waals surface area contributed by atoms with E-state index in [0.717, 1.165) is 0 Å². The van der Waals surface area contributed by atoms with Crippen LogP contribution in [0.15, 0.2) is 18.2 Å². The molecule has 1 N–H and O–H groups in total. The molecule has 1 aromatic rings. The molecule has 0 bridgehead atoms. The molecular weight excluding hydrogens is 319 g/mol. The van der Waals surface area contributed by atoms with Gasteiger partial charge in [0.15, 0.2) is 0 Å². The van der Waals surface area contributed by atoms with Gasteiger partial charge in [0.05, 0.1) is 10.7 Å². The van der Waals surface area contributed by atoms with Gasteiger partial charge in [-0.15, -0.1) is 12.6 Å². The lowest BCUT2D eigenvalue weighted by Gasteiger charge is -2.13. The highest BCUT2D eigenvalue weighted by molar-refractivity contribution is 8.11. The van der Waals surface area contributed by atoms with E-state index in [4.69, 9.17) is 35.4 Å². The summed E-state index contributed by atoms with van der Waals surface area (Å²) in [5.74, 6) is 0. The van der Waals surface area contributed by atoms with Gasteiger partial charge in [-0.2, -0.15) is 0 Å². The van der Waals surface area contributed by atoms with E-state index in [-0.39, 0.29) is 0 Å². The highest BCUT2D eigenvalue weighted by atomic mass is 35.5. The van der Waals surface area contributed by atoms with E-state index in [1.807, 2.05) is 0 Å². The van der Waals surface area contributed by atoms with Crippen molar-refractivity contribution in [2.24, 2.45) is 0 Å². The summed E-state index contributed by atoms with van der Waals surface area (Å²) in [4.78, 5) is 2.38. The standard InChI is InChI=1S/C7H5Cl2NS2.C6H15N/c8-4-1-2-6(5(9)3-4)10-7(11)12;1-4-7(5-2)6-3/h1-3H,(H2,10,11,12);4-6H2,1-3H3. The van der Waals surface area contributed by atoms with Crippen molar-refractivity contribution >= 4 is 58.1 Å². The van der Waals surface area contributed by atoms with E-state index in [9.17, 15) is 0 Å². The Morgan fingerprint density at radius 2 is 1.74 bits per heavy atom. The van der Waals surface area contributed by atoms with Crippen LogP contribution in [-0.4, -0.2) is 28.9 Å². The molecule has 0 amide bonds. The summed E-state index contributed by atoms with van der Waals surface area (Å²) < 4.78 is 0.374. The molecule has 19 heavy (non-hydrogen) atoms. The van der Waals surface area contributed by atoms with Crippen molar-refractivity contribution in [2.45, 2.75) is 20.8 Å². The van der Waals surface area contributed by atoms with Crippen molar-refractivity contribution in [1.29, 1.82) is 0 Å². The van der Waals surface area contributed by atoms with Crippen molar-refractivity contribution in [3.05, 3.63) is 28.2 Å². The summed E-state index contributed by atoms with van der Waals surface area (Å²) in [6.07, 6.45) is 0. The van der Waals surface area contributed by atoms with Gasteiger partial charge in [0.25, 0.3) is 0 Å². The SMILES string of the molecule is CCN(CC)CC.S=C(S)Nc1ccc(Cl)cc1Cl. The molecule has 2 nitrogen and oxygen atoms in total. The molecule has 0 fully saturated rings. The van der Waals surface area contributed by atoms with Crippen molar-refractivity contribution in [1.82, 2.24) is 4.90 Å². The van der Waals surface area contributed by atoms with E-state index in [0.29, 0.717) is 20.1 Å². The maximum Gasteiger partial charge on any atom is 0.135 e. The first-order valence-electron chi connectivity index (χ1n) is 6.11. The number of hydrogen-bond donors (Lipinski definition) is 2. The minimum absolute atomic E-state index is 0.374. The van der Waals surface area contributed by atoms with Gasteiger partial charge >= 0.3 is 0 Å². The molecule has 108 valence electrons. The van der Waals surface area contributed by atoms with E-state index in [1.165, 1.54) is 19.6 Å². The lowest BCUT2D eigenvalue weighted by molar-refractivity contribution is 0.321. The van der Waals surface area contributed by atoms with Gasteiger partial charge in [0, 0.05) is 5.02 Å². The Kier molecular flexibility index (Phi) is 10.7. The first kappa shape index (κ1) is 19.0. The molecule has 0 saturated heterocycles. The lowest BCUT2D eigenvalue weighted by Crippen LogP contribution is -2.21. The van der Waals surface area contributed by atoms with Crippen molar-refractivity contribution in [3.63, 3.8) is 0 Å². The first-order chi connectivity index (χ1) is 8.94. The highest BCUT2D eigenvalue weighted by Gasteiger charge is 2.00. The first-order valence-corrected chi connectivity index (χ1v) is 7.73. The molecule has 0 saturated carbocycles. The van der Waals surface area contributed by atoms with E-state index in [2.05, 4.69) is 43.6 Å². The molecule has 0 atom stereocenters. The number of nitrogens with zero attached hydrogens (tertiary/aromatic N) is 1. The second kappa shape index (κ2) is 10.7. The monoisotopic (exact) mass is 338 g/mol. The third-order valence-electron chi connectivity index (χ3n) is 2.51. The highest BCUT2D eigenvalue weighted by Crippen LogP contribution is 2.25. The van der Waals surface area contributed by atoms with Crippen LogP contribution in [0.3, 0.4) is 0 Å². The van der Waals surface area contributed by atoms with Gasteiger partial charge in [0.1, 0.15) is 4.32 Å². The summed E-state index contributed by atoms with van der Waals surface area (Å²) in [7, 11) is 0. The second-order valence-corrected chi connectivity index (χ2v) is 5.68.